The van der Waals surface area contributed by atoms with Crippen molar-refractivity contribution in [3.63, 3.8) is 0 Å². The first kappa shape index (κ1) is 12.4. The molecule has 7 heteroatoms. The number of quaternary nitrogens is 1. The van der Waals surface area contributed by atoms with E-state index in [9.17, 15) is 14.4 Å². The normalized spacial score (nSPS) is 12.0. The molecular weight excluding hydrogens is 219 g/mol. The Kier molecular flexibility index (Phi) is 4.18. The summed E-state index contributed by atoms with van der Waals surface area (Å²) in [4.78, 5) is 11.0. The van der Waals surface area contributed by atoms with Gasteiger partial charge in [-0.1, -0.05) is 0 Å². The van der Waals surface area contributed by atoms with Crippen LogP contribution in [0.15, 0.2) is 18.2 Å². The lowest BCUT2D eigenvalue weighted by Gasteiger charge is -2.13. The van der Waals surface area contributed by atoms with Gasteiger partial charge >= 0.3 is 6.09 Å². The molecule has 0 heterocycles. The van der Waals surface area contributed by atoms with Crippen molar-refractivity contribution in [2.75, 3.05) is 11.9 Å². The Morgan fingerprint density at radius 2 is 2.38 bits per heavy atom. The average molecular weight is 230 g/mol. The molecule has 0 aliphatic carbocycles. The molecule has 1 aromatic carbocycles. The number of rotatable bonds is 3. The zero-order valence-electron chi connectivity index (χ0n) is 8.49. The van der Waals surface area contributed by atoms with Gasteiger partial charge in [0.25, 0.3) is 0 Å². The molecule has 0 aromatic heterocycles. The predicted molar refractivity (Wildman–Crippen MR) is 52.8 cm³/mol. The number of hydrogen-bond acceptors (Lipinski definition) is 4. The maximum atomic E-state index is 13.2. The highest BCUT2D eigenvalue weighted by atomic mass is 19.1. The summed E-state index contributed by atoms with van der Waals surface area (Å²) in [5, 5.41) is 20.2. The van der Waals surface area contributed by atoms with Crippen molar-refractivity contribution >= 4 is 17.5 Å². The number of halogens is 1. The minimum Gasteiger partial charge on any atom is -0.595 e. The van der Waals surface area contributed by atoms with Crippen LogP contribution < -0.4 is 10.5 Å². The monoisotopic (exact) mass is 230 g/mol. The van der Waals surface area contributed by atoms with Crippen LogP contribution in [0.5, 0.6) is 0 Å². The molecule has 88 valence electrons. The van der Waals surface area contributed by atoms with Gasteiger partial charge in [-0.05, 0) is 13.0 Å². The molecule has 0 aliphatic rings. The molecule has 0 radical (unpaired) electrons. The number of ether oxygens (including phenoxy) is 1. The van der Waals surface area contributed by atoms with E-state index < -0.39 is 17.1 Å². The number of nitrogens with one attached hydrogen (secondary N) is 2. The average Bonchev–Trinajstić information content (AvgIpc) is 2.21. The van der Waals surface area contributed by atoms with Crippen LogP contribution in [0.2, 0.25) is 0 Å². The minimum absolute atomic E-state index is 0.117. The van der Waals surface area contributed by atoms with Gasteiger partial charge in [-0.2, -0.15) is 5.23 Å². The summed E-state index contributed by atoms with van der Waals surface area (Å²) in [5.74, 6) is -0.724. The minimum atomic E-state index is -1.20. The van der Waals surface area contributed by atoms with Crippen LogP contribution in [0.1, 0.15) is 6.92 Å². The molecular formula is C9H11FN2O4. The number of carbonyl (C=O) groups excluding carboxylic acids is 1. The summed E-state index contributed by atoms with van der Waals surface area (Å²) >= 11 is 0. The van der Waals surface area contributed by atoms with E-state index in [1.54, 1.807) is 6.92 Å². The summed E-state index contributed by atoms with van der Waals surface area (Å²) in [7, 11) is 0. The topological polar surface area (TPSA) is 86.1 Å². The highest BCUT2D eigenvalue weighted by molar-refractivity contribution is 5.85. The van der Waals surface area contributed by atoms with Crippen LogP contribution in [0.4, 0.5) is 20.6 Å². The first-order chi connectivity index (χ1) is 7.54. The van der Waals surface area contributed by atoms with E-state index >= 15 is 0 Å². The second-order valence-corrected chi connectivity index (χ2v) is 2.85. The maximum absolute atomic E-state index is 13.2. The molecule has 16 heavy (non-hydrogen) atoms. The number of carbonyl (C=O) groups is 1. The molecule has 1 atom stereocenters. The molecule has 0 fully saturated rings. The third-order valence-corrected chi connectivity index (χ3v) is 1.73. The third kappa shape index (κ3) is 3.16. The Hall–Kier alpha value is -1.70. The zero-order valence-corrected chi connectivity index (χ0v) is 8.49. The van der Waals surface area contributed by atoms with Gasteiger partial charge in [0.05, 0.1) is 12.3 Å². The third-order valence-electron chi connectivity index (χ3n) is 1.73. The molecule has 0 saturated heterocycles. The summed E-state index contributed by atoms with van der Waals surface area (Å²) in [5.41, 5.74) is -0.341. The van der Waals surface area contributed by atoms with Crippen LogP contribution in [0.3, 0.4) is 0 Å². The second-order valence-electron chi connectivity index (χ2n) is 2.85. The fraction of sp³-hybridized carbons (Fsp3) is 0.222. The van der Waals surface area contributed by atoms with E-state index in [2.05, 4.69) is 10.1 Å². The molecule has 3 N–H and O–H groups in total. The van der Waals surface area contributed by atoms with Gasteiger partial charge in [-0.15, -0.1) is 0 Å². The SMILES string of the molecule is CCOC(=O)Nc1cc([NH+]([O-])O)ccc1F. The Balaban J connectivity index is 2.86. The molecule has 1 unspecified atom stereocenters. The second kappa shape index (κ2) is 5.40. The van der Waals surface area contributed by atoms with Crippen LogP contribution in [-0.4, -0.2) is 17.9 Å². The van der Waals surface area contributed by atoms with Gasteiger partial charge < -0.3 is 9.94 Å². The molecule has 0 aliphatic heterocycles. The van der Waals surface area contributed by atoms with Gasteiger partial charge in [0, 0.05) is 12.1 Å². The lowest BCUT2D eigenvalue weighted by atomic mass is 10.2. The van der Waals surface area contributed by atoms with E-state index in [4.69, 9.17) is 5.21 Å². The van der Waals surface area contributed by atoms with Crippen molar-refractivity contribution in [3.8, 4) is 0 Å². The van der Waals surface area contributed by atoms with Crippen molar-refractivity contribution in [1.82, 2.24) is 0 Å². The summed E-state index contributed by atoms with van der Waals surface area (Å²) < 4.78 is 17.7. The van der Waals surface area contributed by atoms with Crippen LogP contribution in [-0.2, 0) is 4.74 Å². The molecule has 0 saturated carbocycles. The smallest absolute Gasteiger partial charge is 0.411 e. The fourth-order valence-corrected chi connectivity index (χ4v) is 1.03. The van der Waals surface area contributed by atoms with E-state index in [-0.39, 0.29) is 18.0 Å². The number of anilines is 1. The summed E-state index contributed by atoms with van der Waals surface area (Å²) in [6.07, 6.45) is -0.830. The van der Waals surface area contributed by atoms with Crippen molar-refractivity contribution in [3.05, 3.63) is 29.2 Å². The van der Waals surface area contributed by atoms with Crippen molar-refractivity contribution in [2.24, 2.45) is 0 Å². The van der Waals surface area contributed by atoms with Crippen LogP contribution in [0.25, 0.3) is 0 Å². The van der Waals surface area contributed by atoms with Crippen LogP contribution in [0, 0.1) is 11.0 Å². The summed E-state index contributed by atoms with van der Waals surface area (Å²) in [6, 6.07) is 3.09. The van der Waals surface area contributed by atoms with E-state index in [0.717, 1.165) is 18.2 Å². The van der Waals surface area contributed by atoms with Gasteiger partial charge in [-0.25, -0.2) is 14.4 Å². The lowest BCUT2D eigenvalue weighted by Crippen LogP contribution is -2.99. The Morgan fingerprint density at radius 3 is 2.94 bits per heavy atom. The zero-order chi connectivity index (χ0) is 12.1. The molecule has 0 spiro atoms. The molecule has 0 bridgehead atoms. The van der Waals surface area contributed by atoms with E-state index in [0.29, 0.717) is 0 Å². The Morgan fingerprint density at radius 1 is 1.69 bits per heavy atom. The number of benzene rings is 1. The van der Waals surface area contributed by atoms with Gasteiger partial charge in [-0.3, -0.25) is 5.32 Å². The van der Waals surface area contributed by atoms with Crippen molar-refractivity contribution < 1.29 is 24.4 Å². The standard InChI is InChI=1S/C9H11FN2O4/c1-2-16-9(13)11-8-5-6(12(14)15)3-4-7(8)10/h3-5,12,14H,2H2,1H3,(H,11,13). The molecule has 1 aromatic rings. The highest BCUT2D eigenvalue weighted by Gasteiger charge is 2.10. The van der Waals surface area contributed by atoms with E-state index in [1.165, 1.54) is 0 Å². The Labute approximate surface area is 90.8 Å². The molecule has 1 rings (SSSR count). The number of hydrogen-bond donors (Lipinski definition) is 3. The van der Waals surface area contributed by atoms with Crippen molar-refractivity contribution in [2.45, 2.75) is 6.92 Å². The lowest BCUT2D eigenvalue weighted by molar-refractivity contribution is -0.991. The predicted octanol–water partition coefficient (Wildman–Crippen LogP) is 0.798. The first-order valence-electron chi connectivity index (χ1n) is 4.51. The molecule has 1 amide bonds. The number of amides is 1. The maximum Gasteiger partial charge on any atom is 0.411 e. The van der Waals surface area contributed by atoms with Gasteiger partial charge in [0.15, 0.2) is 5.69 Å². The largest absolute Gasteiger partial charge is 0.595 e. The Bertz CT molecular complexity index is 384. The summed E-state index contributed by atoms with van der Waals surface area (Å²) in [6.45, 7) is 1.75. The molecule has 6 nitrogen and oxygen atoms in total. The van der Waals surface area contributed by atoms with Gasteiger partial charge in [0.1, 0.15) is 5.82 Å². The van der Waals surface area contributed by atoms with Crippen LogP contribution >= 0.6 is 0 Å². The quantitative estimate of drug-likeness (QED) is 0.670. The van der Waals surface area contributed by atoms with E-state index in [1.807, 2.05) is 0 Å². The highest BCUT2D eigenvalue weighted by Crippen LogP contribution is 2.17. The first-order valence-corrected chi connectivity index (χ1v) is 4.51. The van der Waals surface area contributed by atoms with Crippen molar-refractivity contribution in [1.29, 1.82) is 0 Å². The van der Waals surface area contributed by atoms with Gasteiger partial charge in [0.2, 0.25) is 0 Å². The fourth-order valence-electron chi connectivity index (χ4n) is 1.03.